The lowest BCUT2D eigenvalue weighted by Crippen LogP contribution is -2.47. The summed E-state index contributed by atoms with van der Waals surface area (Å²) in [5, 5.41) is 15.3. The Hall–Kier alpha value is -2.66. The smallest absolute Gasteiger partial charge is 0.358 e. The molecule has 0 atom stereocenters. The van der Waals surface area contributed by atoms with Crippen molar-refractivity contribution >= 4 is 17.3 Å². The molecule has 2 aromatic rings. The second kappa shape index (κ2) is 5.99. The van der Waals surface area contributed by atoms with Gasteiger partial charge in [-0.25, -0.2) is 4.98 Å². The van der Waals surface area contributed by atoms with Crippen LogP contribution in [-0.4, -0.2) is 57.1 Å². The number of aromatic nitrogens is 3. The third-order valence-corrected chi connectivity index (χ3v) is 3.79. The van der Waals surface area contributed by atoms with E-state index in [0.717, 1.165) is 45.0 Å². The van der Waals surface area contributed by atoms with Gasteiger partial charge in [-0.2, -0.15) is 0 Å². The molecule has 1 aliphatic rings. The predicted molar refractivity (Wildman–Crippen MR) is 81.7 cm³/mol. The third-order valence-electron chi connectivity index (χ3n) is 3.79. The average Bonchev–Trinajstić information content (AvgIpc) is 2.96. The molecule has 0 aromatic carbocycles. The van der Waals surface area contributed by atoms with Crippen molar-refractivity contribution in [2.75, 3.05) is 37.6 Å². The number of hydrogen-bond acceptors (Lipinski definition) is 6. The van der Waals surface area contributed by atoms with Crippen LogP contribution in [0.4, 0.5) is 11.6 Å². The van der Waals surface area contributed by atoms with Gasteiger partial charge in [-0.15, -0.1) is 12.3 Å². The van der Waals surface area contributed by atoms with Crippen LogP contribution >= 0.6 is 0 Å². The van der Waals surface area contributed by atoms with E-state index in [1.165, 1.54) is 10.7 Å². The lowest BCUT2D eigenvalue weighted by atomic mass is 10.3. The Bertz CT molecular complexity index is 726. The second-order valence-electron chi connectivity index (χ2n) is 5.12. The first-order chi connectivity index (χ1) is 10.7. The minimum atomic E-state index is -0.478. The number of hydrogen-bond donors (Lipinski definition) is 0. The van der Waals surface area contributed by atoms with E-state index in [1.807, 2.05) is 6.07 Å². The van der Waals surface area contributed by atoms with Crippen molar-refractivity contribution in [1.29, 1.82) is 0 Å². The fourth-order valence-corrected chi connectivity index (χ4v) is 2.57. The zero-order valence-electron chi connectivity index (χ0n) is 12.1. The van der Waals surface area contributed by atoms with E-state index in [4.69, 9.17) is 6.42 Å². The van der Waals surface area contributed by atoms with Crippen LogP contribution in [0.5, 0.6) is 0 Å². The van der Waals surface area contributed by atoms with E-state index < -0.39 is 4.92 Å². The fraction of sp³-hybridized carbons (Fsp3) is 0.429. The number of terminal acetylenes is 1. The van der Waals surface area contributed by atoms with Crippen LogP contribution in [0.2, 0.25) is 0 Å². The molecule has 8 heteroatoms. The summed E-state index contributed by atoms with van der Waals surface area (Å²) in [6.45, 7) is 4.38. The highest BCUT2D eigenvalue weighted by molar-refractivity contribution is 5.49. The first kappa shape index (κ1) is 14.3. The van der Waals surface area contributed by atoms with Crippen LogP contribution in [-0.2, 0) is 0 Å². The van der Waals surface area contributed by atoms with Crippen LogP contribution in [0.25, 0.3) is 5.65 Å². The van der Waals surface area contributed by atoms with Gasteiger partial charge < -0.3 is 15.0 Å². The van der Waals surface area contributed by atoms with E-state index in [1.54, 1.807) is 6.07 Å². The SMILES string of the molecule is C#CCCN1CCN(c2ccc3ncc([N+](=O)[O-])n3n2)CC1. The molecule has 0 saturated carbocycles. The van der Waals surface area contributed by atoms with Crippen LogP contribution in [0.15, 0.2) is 18.3 Å². The largest absolute Gasteiger partial charge is 0.368 e. The zero-order chi connectivity index (χ0) is 15.5. The number of imidazole rings is 1. The molecule has 22 heavy (non-hydrogen) atoms. The summed E-state index contributed by atoms with van der Waals surface area (Å²) < 4.78 is 1.28. The van der Waals surface area contributed by atoms with E-state index in [2.05, 4.69) is 25.8 Å². The molecule has 3 heterocycles. The number of fused-ring (bicyclic) bond motifs is 1. The summed E-state index contributed by atoms with van der Waals surface area (Å²) >= 11 is 0. The van der Waals surface area contributed by atoms with Gasteiger partial charge in [-0.05, 0) is 11.0 Å². The average molecular weight is 300 g/mol. The highest BCUT2D eigenvalue weighted by Gasteiger charge is 2.21. The lowest BCUT2D eigenvalue weighted by molar-refractivity contribution is -0.391. The Kier molecular flexibility index (Phi) is 3.89. The first-order valence-electron chi connectivity index (χ1n) is 7.09. The molecule has 1 aliphatic heterocycles. The molecule has 1 fully saturated rings. The summed E-state index contributed by atoms with van der Waals surface area (Å²) in [6, 6.07) is 3.60. The molecule has 1 saturated heterocycles. The number of piperazine rings is 1. The molecule has 0 bridgehead atoms. The van der Waals surface area contributed by atoms with E-state index >= 15 is 0 Å². The standard InChI is InChI=1S/C14H16N6O2/c1-2-3-6-17-7-9-18(10-8-17)13-5-4-12-15-11-14(20(21)22)19(12)16-13/h1,4-5,11H,3,6-10H2. The van der Waals surface area contributed by atoms with Crippen LogP contribution in [0.1, 0.15) is 6.42 Å². The zero-order valence-corrected chi connectivity index (χ0v) is 12.1. The molecule has 0 unspecified atom stereocenters. The molecule has 8 nitrogen and oxygen atoms in total. The van der Waals surface area contributed by atoms with Crippen molar-refractivity contribution in [1.82, 2.24) is 19.5 Å². The maximum Gasteiger partial charge on any atom is 0.368 e. The Morgan fingerprint density at radius 3 is 2.77 bits per heavy atom. The number of nitrogens with zero attached hydrogens (tertiary/aromatic N) is 6. The summed E-state index contributed by atoms with van der Waals surface area (Å²) in [6.07, 6.45) is 7.27. The van der Waals surface area contributed by atoms with Gasteiger partial charge in [0.1, 0.15) is 6.20 Å². The van der Waals surface area contributed by atoms with Gasteiger partial charge in [0.05, 0.1) is 0 Å². The molecular weight excluding hydrogens is 284 g/mol. The second-order valence-corrected chi connectivity index (χ2v) is 5.12. The Morgan fingerprint density at radius 1 is 1.32 bits per heavy atom. The van der Waals surface area contributed by atoms with Gasteiger partial charge in [0.15, 0.2) is 5.82 Å². The maximum atomic E-state index is 11.0. The third kappa shape index (κ3) is 2.71. The molecule has 3 rings (SSSR count). The monoisotopic (exact) mass is 300 g/mol. The fourth-order valence-electron chi connectivity index (χ4n) is 2.57. The van der Waals surface area contributed by atoms with Gasteiger partial charge >= 0.3 is 5.82 Å². The first-order valence-corrected chi connectivity index (χ1v) is 7.09. The van der Waals surface area contributed by atoms with Crippen LogP contribution < -0.4 is 4.90 Å². The van der Waals surface area contributed by atoms with Gasteiger partial charge in [0, 0.05) is 45.2 Å². The summed E-state index contributed by atoms with van der Waals surface area (Å²) in [4.78, 5) is 18.9. The van der Waals surface area contributed by atoms with Crippen molar-refractivity contribution in [2.45, 2.75) is 6.42 Å². The molecule has 0 amide bonds. The number of anilines is 1. The van der Waals surface area contributed by atoms with E-state index in [0.29, 0.717) is 5.65 Å². The van der Waals surface area contributed by atoms with Crippen molar-refractivity contribution in [3.05, 3.63) is 28.4 Å². The summed E-state index contributed by atoms with van der Waals surface area (Å²) in [7, 11) is 0. The van der Waals surface area contributed by atoms with Gasteiger partial charge in [-0.1, -0.05) is 9.61 Å². The highest BCUT2D eigenvalue weighted by atomic mass is 16.6. The maximum absolute atomic E-state index is 11.0. The van der Waals surface area contributed by atoms with Crippen LogP contribution in [0.3, 0.4) is 0 Å². The van der Waals surface area contributed by atoms with Crippen LogP contribution in [0, 0.1) is 22.5 Å². The topological polar surface area (TPSA) is 79.8 Å². The van der Waals surface area contributed by atoms with Gasteiger partial charge in [0.25, 0.3) is 0 Å². The van der Waals surface area contributed by atoms with E-state index in [9.17, 15) is 10.1 Å². The number of nitro groups is 1. The minimum absolute atomic E-state index is 0.121. The van der Waals surface area contributed by atoms with Crippen molar-refractivity contribution in [2.24, 2.45) is 0 Å². The minimum Gasteiger partial charge on any atom is -0.358 e. The highest BCUT2D eigenvalue weighted by Crippen LogP contribution is 2.18. The van der Waals surface area contributed by atoms with Crippen molar-refractivity contribution in [3.8, 4) is 12.3 Å². The molecule has 0 aliphatic carbocycles. The summed E-state index contributed by atoms with van der Waals surface area (Å²) in [5.74, 6) is 3.26. The van der Waals surface area contributed by atoms with Crippen molar-refractivity contribution in [3.63, 3.8) is 0 Å². The van der Waals surface area contributed by atoms with Gasteiger partial charge in [0.2, 0.25) is 5.65 Å². The molecule has 0 spiro atoms. The Morgan fingerprint density at radius 2 is 2.09 bits per heavy atom. The normalized spacial score (nSPS) is 15.9. The Balaban J connectivity index is 1.76. The molecule has 2 aromatic heterocycles. The quantitative estimate of drug-likeness (QED) is 0.472. The molecular formula is C14H16N6O2. The molecule has 0 N–H and O–H groups in total. The molecule has 114 valence electrons. The molecule has 0 radical (unpaired) electrons. The number of rotatable bonds is 4. The van der Waals surface area contributed by atoms with Gasteiger partial charge in [-0.3, -0.25) is 4.90 Å². The van der Waals surface area contributed by atoms with Crippen molar-refractivity contribution < 1.29 is 4.92 Å². The Labute approximate surface area is 127 Å². The summed E-state index contributed by atoms with van der Waals surface area (Å²) in [5.41, 5.74) is 0.475. The lowest BCUT2D eigenvalue weighted by Gasteiger charge is -2.34. The predicted octanol–water partition coefficient (Wildman–Crippen LogP) is 0.783. The van der Waals surface area contributed by atoms with E-state index in [-0.39, 0.29) is 5.82 Å².